The average molecular weight is 301 g/mol. The molecule has 4 N–H and O–H groups in total. The van der Waals surface area contributed by atoms with Gasteiger partial charge in [0.15, 0.2) is 0 Å². The van der Waals surface area contributed by atoms with Gasteiger partial charge in [0, 0.05) is 18.8 Å². The molecule has 20 heavy (non-hydrogen) atoms. The summed E-state index contributed by atoms with van der Waals surface area (Å²) in [7, 11) is -2.04. The lowest BCUT2D eigenvalue weighted by atomic mass is 10.2. The Morgan fingerprint density at radius 3 is 2.65 bits per heavy atom. The van der Waals surface area contributed by atoms with Crippen LogP contribution in [0.3, 0.4) is 0 Å². The van der Waals surface area contributed by atoms with Crippen molar-refractivity contribution in [2.75, 3.05) is 32.4 Å². The van der Waals surface area contributed by atoms with E-state index >= 15 is 0 Å². The Labute approximate surface area is 118 Å². The number of nitrogen functional groups attached to an aromatic ring is 1. The van der Waals surface area contributed by atoms with Crippen molar-refractivity contribution in [3.8, 4) is 0 Å². The molecule has 112 valence electrons. The Morgan fingerprint density at radius 1 is 1.45 bits per heavy atom. The number of benzene rings is 1. The maximum atomic E-state index is 12.1. The smallest absolute Gasteiger partial charge is 0.337 e. The number of nitrogens with zero attached hydrogens (tertiary/aromatic N) is 1. The molecule has 8 heteroatoms. The minimum absolute atomic E-state index is 0.195. The summed E-state index contributed by atoms with van der Waals surface area (Å²) in [5.41, 5.74) is 5.43. The number of aromatic carboxylic acids is 1. The summed E-state index contributed by atoms with van der Waals surface area (Å²) >= 11 is 0. The molecular weight excluding hydrogens is 282 g/mol. The first kappa shape index (κ1) is 16.4. The van der Waals surface area contributed by atoms with Gasteiger partial charge in [-0.3, -0.25) is 0 Å². The first-order valence-corrected chi connectivity index (χ1v) is 7.57. The zero-order valence-corrected chi connectivity index (χ0v) is 12.3. The van der Waals surface area contributed by atoms with Gasteiger partial charge in [0.05, 0.1) is 10.5 Å². The van der Waals surface area contributed by atoms with Gasteiger partial charge < -0.3 is 15.7 Å². The quantitative estimate of drug-likeness (QED) is 0.620. The van der Waals surface area contributed by atoms with Gasteiger partial charge in [-0.05, 0) is 31.8 Å². The van der Waals surface area contributed by atoms with Crippen LogP contribution in [0, 0.1) is 0 Å². The molecule has 0 unspecified atom stereocenters. The lowest BCUT2D eigenvalue weighted by Gasteiger charge is -2.15. The van der Waals surface area contributed by atoms with E-state index in [1.165, 1.54) is 12.1 Å². The number of nitrogens with one attached hydrogen (secondary N) is 1. The fraction of sp³-hybridized carbons (Fsp3) is 0.417. The van der Waals surface area contributed by atoms with Crippen molar-refractivity contribution in [3.05, 3.63) is 23.8 Å². The van der Waals surface area contributed by atoms with Crippen LogP contribution in [-0.4, -0.2) is 51.1 Å². The number of nitrogens with two attached hydrogens (primary N) is 1. The summed E-state index contributed by atoms with van der Waals surface area (Å²) in [6.07, 6.45) is 0. The minimum atomic E-state index is -3.90. The molecule has 7 nitrogen and oxygen atoms in total. The van der Waals surface area contributed by atoms with Gasteiger partial charge in [0.2, 0.25) is 10.0 Å². The number of likely N-dealkylation sites (N-methyl/N-ethyl adjacent to an activating group) is 1. The maximum Gasteiger partial charge on any atom is 0.337 e. The van der Waals surface area contributed by atoms with E-state index in [0.717, 1.165) is 12.6 Å². The summed E-state index contributed by atoms with van der Waals surface area (Å²) in [4.78, 5) is 12.7. The molecule has 0 saturated carbocycles. The second-order valence-electron chi connectivity index (χ2n) is 4.35. The van der Waals surface area contributed by atoms with Gasteiger partial charge in [0.1, 0.15) is 0 Å². The molecule has 0 amide bonds. The van der Waals surface area contributed by atoms with Crippen molar-refractivity contribution in [2.24, 2.45) is 0 Å². The van der Waals surface area contributed by atoms with Crippen LogP contribution in [0.1, 0.15) is 17.3 Å². The highest BCUT2D eigenvalue weighted by Gasteiger charge is 2.22. The standard InChI is InChI=1S/C12H19N3O4S/c1-3-15(2)7-6-14-20(18,19)11-8-9(13)4-5-10(11)12(16)17/h4-5,8,14H,3,6-7,13H2,1-2H3,(H,16,17). The predicted octanol–water partition coefficient (Wildman–Crippen LogP) is 0.197. The highest BCUT2D eigenvalue weighted by molar-refractivity contribution is 7.89. The van der Waals surface area contributed by atoms with Crippen molar-refractivity contribution in [1.29, 1.82) is 0 Å². The third-order valence-electron chi connectivity index (χ3n) is 2.85. The van der Waals surface area contributed by atoms with E-state index in [0.29, 0.717) is 6.54 Å². The van der Waals surface area contributed by atoms with Gasteiger partial charge >= 0.3 is 5.97 Å². The van der Waals surface area contributed by atoms with Gasteiger partial charge in [-0.15, -0.1) is 0 Å². The molecule has 0 radical (unpaired) electrons. The monoisotopic (exact) mass is 301 g/mol. The van der Waals surface area contributed by atoms with Crippen LogP contribution >= 0.6 is 0 Å². The molecule has 0 aromatic heterocycles. The van der Waals surface area contributed by atoms with Gasteiger partial charge in [0.25, 0.3) is 0 Å². The first-order chi connectivity index (χ1) is 9.27. The number of hydrogen-bond donors (Lipinski definition) is 3. The van der Waals surface area contributed by atoms with E-state index in [1.54, 1.807) is 0 Å². The molecule has 0 bridgehead atoms. The normalized spacial score (nSPS) is 11.8. The number of sulfonamides is 1. The molecule has 0 atom stereocenters. The van der Waals surface area contributed by atoms with Crippen molar-refractivity contribution < 1.29 is 18.3 Å². The van der Waals surface area contributed by atoms with Gasteiger partial charge in [-0.1, -0.05) is 6.92 Å². The van der Waals surface area contributed by atoms with Crippen LogP contribution in [0.25, 0.3) is 0 Å². The second-order valence-corrected chi connectivity index (χ2v) is 6.09. The Kier molecular flexibility index (Phi) is 5.49. The third kappa shape index (κ3) is 4.19. The van der Waals surface area contributed by atoms with E-state index in [-0.39, 0.29) is 22.7 Å². The van der Waals surface area contributed by atoms with Crippen molar-refractivity contribution in [3.63, 3.8) is 0 Å². The summed E-state index contributed by atoms with van der Waals surface area (Å²) in [6.45, 7) is 3.47. The van der Waals surface area contributed by atoms with Crippen LogP contribution < -0.4 is 10.5 Å². The Hall–Kier alpha value is -1.64. The zero-order valence-electron chi connectivity index (χ0n) is 11.5. The van der Waals surface area contributed by atoms with Crippen LogP contribution in [-0.2, 0) is 10.0 Å². The lowest BCUT2D eigenvalue weighted by Crippen LogP contribution is -2.33. The SMILES string of the molecule is CCN(C)CCNS(=O)(=O)c1cc(N)ccc1C(=O)O. The molecule has 1 aromatic rings. The highest BCUT2D eigenvalue weighted by atomic mass is 32.2. The van der Waals surface area contributed by atoms with E-state index < -0.39 is 16.0 Å². The number of anilines is 1. The van der Waals surface area contributed by atoms with Crippen LogP contribution in [0.15, 0.2) is 23.1 Å². The Balaban J connectivity index is 2.97. The molecule has 0 saturated heterocycles. The van der Waals surface area contributed by atoms with Gasteiger partial charge in [-0.25, -0.2) is 17.9 Å². The van der Waals surface area contributed by atoms with Crippen molar-refractivity contribution in [1.82, 2.24) is 9.62 Å². The van der Waals surface area contributed by atoms with Crippen molar-refractivity contribution >= 4 is 21.7 Å². The molecule has 0 aliphatic rings. The minimum Gasteiger partial charge on any atom is -0.478 e. The van der Waals surface area contributed by atoms with E-state index in [1.807, 2.05) is 18.9 Å². The van der Waals surface area contributed by atoms with Crippen molar-refractivity contribution in [2.45, 2.75) is 11.8 Å². The molecule has 0 spiro atoms. The fourth-order valence-corrected chi connectivity index (χ4v) is 2.80. The largest absolute Gasteiger partial charge is 0.478 e. The average Bonchev–Trinajstić information content (AvgIpc) is 2.37. The van der Waals surface area contributed by atoms with Gasteiger partial charge in [-0.2, -0.15) is 0 Å². The second kappa shape index (κ2) is 6.69. The number of carboxylic acids is 1. The number of carbonyl (C=O) groups is 1. The van der Waals surface area contributed by atoms with E-state index in [2.05, 4.69) is 4.72 Å². The molecule has 0 aliphatic carbocycles. The predicted molar refractivity (Wildman–Crippen MR) is 76.2 cm³/mol. The van der Waals surface area contributed by atoms with E-state index in [9.17, 15) is 13.2 Å². The van der Waals surface area contributed by atoms with Crippen LogP contribution in [0.2, 0.25) is 0 Å². The number of rotatable bonds is 7. The van der Waals surface area contributed by atoms with E-state index in [4.69, 9.17) is 10.8 Å². The maximum absolute atomic E-state index is 12.1. The summed E-state index contributed by atoms with van der Waals surface area (Å²) in [5.74, 6) is -1.31. The Morgan fingerprint density at radius 2 is 2.10 bits per heavy atom. The fourth-order valence-electron chi connectivity index (χ4n) is 1.54. The third-order valence-corrected chi connectivity index (χ3v) is 4.35. The topological polar surface area (TPSA) is 113 Å². The Bertz CT molecular complexity index is 586. The van der Waals surface area contributed by atoms with Crippen LogP contribution in [0.5, 0.6) is 0 Å². The zero-order chi connectivity index (χ0) is 15.3. The summed E-state index contributed by atoms with van der Waals surface area (Å²) < 4.78 is 26.6. The lowest BCUT2D eigenvalue weighted by molar-refractivity contribution is 0.0692. The molecule has 0 heterocycles. The molecule has 0 aliphatic heterocycles. The summed E-state index contributed by atoms with van der Waals surface area (Å²) in [6, 6.07) is 3.69. The number of carboxylic acid groups (broad SMARTS) is 1. The summed E-state index contributed by atoms with van der Waals surface area (Å²) in [5, 5.41) is 9.03. The first-order valence-electron chi connectivity index (χ1n) is 6.09. The molecule has 1 aromatic carbocycles. The molecular formula is C12H19N3O4S. The van der Waals surface area contributed by atoms with Crippen LogP contribution in [0.4, 0.5) is 5.69 Å². The highest BCUT2D eigenvalue weighted by Crippen LogP contribution is 2.19. The molecule has 1 rings (SSSR count). The number of hydrogen-bond acceptors (Lipinski definition) is 5. The molecule has 0 fully saturated rings.